The summed E-state index contributed by atoms with van der Waals surface area (Å²) in [5, 5.41) is 0. The van der Waals surface area contributed by atoms with Gasteiger partial charge in [0, 0.05) is 11.3 Å². The lowest BCUT2D eigenvalue weighted by atomic mass is 10.2. The highest BCUT2D eigenvalue weighted by Gasteiger charge is 2.22. The zero-order chi connectivity index (χ0) is 13.8. The van der Waals surface area contributed by atoms with Gasteiger partial charge in [-0.3, -0.25) is 5.84 Å². The van der Waals surface area contributed by atoms with E-state index in [9.17, 15) is 8.42 Å². The summed E-state index contributed by atoms with van der Waals surface area (Å²) in [7, 11) is -3.55. The minimum Gasteiger partial charge on any atom is -0.323 e. The van der Waals surface area contributed by atoms with Crippen molar-refractivity contribution in [1.29, 1.82) is 0 Å². The SMILES string of the molecule is CSC(C)(C)CNS(=O)(=O)c1ccccc1NN. The second-order valence-corrected chi connectivity index (χ2v) is 7.68. The number of nitrogens with one attached hydrogen (secondary N) is 2. The zero-order valence-corrected chi connectivity index (χ0v) is 12.4. The van der Waals surface area contributed by atoms with Gasteiger partial charge in [0.1, 0.15) is 4.90 Å². The first kappa shape index (κ1) is 15.3. The maximum absolute atomic E-state index is 12.2. The van der Waals surface area contributed by atoms with Crippen LogP contribution in [0.1, 0.15) is 13.8 Å². The number of nitrogens with two attached hydrogens (primary N) is 1. The average Bonchev–Trinajstić information content (AvgIpc) is 2.37. The van der Waals surface area contributed by atoms with Crippen molar-refractivity contribution in [3.05, 3.63) is 24.3 Å². The van der Waals surface area contributed by atoms with Crippen LogP contribution in [0.25, 0.3) is 0 Å². The predicted molar refractivity (Wildman–Crippen MR) is 77.0 cm³/mol. The van der Waals surface area contributed by atoms with Gasteiger partial charge in [0.25, 0.3) is 0 Å². The highest BCUT2D eigenvalue weighted by atomic mass is 32.2. The summed E-state index contributed by atoms with van der Waals surface area (Å²) in [6.45, 7) is 4.32. The minimum atomic E-state index is -3.55. The van der Waals surface area contributed by atoms with Gasteiger partial charge in [0.05, 0.1) is 5.69 Å². The molecule has 0 aliphatic rings. The van der Waals surface area contributed by atoms with Crippen LogP contribution in [-0.4, -0.2) is 26.0 Å². The van der Waals surface area contributed by atoms with Crippen LogP contribution in [0.3, 0.4) is 0 Å². The molecule has 0 bridgehead atoms. The number of hydrogen-bond donors (Lipinski definition) is 3. The number of benzene rings is 1. The lowest BCUT2D eigenvalue weighted by molar-refractivity contribution is 0.571. The number of nitrogen functional groups attached to an aromatic ring is 1. The van der Waals surface area contributed by atoms with Crippen LogP contribution in [0.5, 0.6) is 0 Å². The predicted octanol–water partition coefficient (Wildman–Crippen LogP) is 1.39. The standard InChI is InChI=1S/C11H19N3O2S2/c1-11(2,17-3)8-13-18(15,16)10-7-5-4-6-9(10)14-12/h4-7,13-14H,8,12H2,1-3H3. The molecular formula is C11H19N3O2S2. The number of hydrogen-bond acceptors (Lipinski definition) is 5. The number of sulfonamides is 1. The van der Waals surface area contributed by atoms with E-state index in [4.69, 9.17) is 5.84 Å². The maximum atomic E-state index is 12.2. The molecule has 7 heteroatoms. The smallest absolute Gasteiger partial charge is 0.242 e. The maximum Gasteiger partial charge on any atom is 0.242 e. The van der Waals surface area contributed by atoms with Crippen molar-refractivity contribution >= 4 is 27.5 Å². The van der Waals surface area contributed by atoms with Crippen molar-refractivity contribution in [1.82, 2.24) is 4.72 Å². The molecule has 0 radical (unpaired) electrons. The molecule has 0 aliphatic carbocycles. The fourth-order valence-electron chi connectivity index (χ4n) is 1.24. The van der Waals surface area contributed by atoms with Crippen LogP contribution in [-0.2, 0) is 10.0 Å². The third-order valence-electron chi connectivity index (χ3n) is 2.57. The Morgan fingerprint density at radius 1 is 1.33 bits per heavy atom. The topological polar surface area (TPSA) is 84.2 Å². The average molecular weight is 289 g/mol. The molecule has 5 nitrogen and oxygen atoms in total. The van der Waals surface area contributed by atoms with Gasteiger partial charge in [-0.05, 0) is 32.2 Å². The zero-order valence-electron chi connectivity index (χ0n) is 10.7. The van der Waals surface area contributed by atoms with E-state index in [1.54, 1.807) is 30.0 Å². The van der Waals surface area contributed by atoms with Crippen LogP contribution in [0, 0.1) is 0 Å². The van der Waals surface area contributed by atoms with Gasteiger partial charge < -0.3 is 5.43 Å². The molecule has 0 aromatic heterocycles. The molecular weight excluding hydrogens is 270 g/mol. The van der Waals surface area contributed by atoms with Crippen molar-refractivity contribution in [3.8, 4) is 0 Å². The van der Waals surface area contributed by atoms with Crippen LogP contribution in [0.2, 0.25) is 0 Å². The van der Waals surface area contributed by atoms with E-state index >= 15 is 0 Å². The Bertz CT molecular complexity index is 501. The molecule has 0 fully saturated rings. The highest BCUT2D eigenvalue weighted by molar-refractivity contribution is 8.00. The fourth-order valence-corrected chi connectivity index (χ4v) is 2.93. The van der Waals surface area contributed by atoms with Gasteiger partial charge in [0.2, 0.25) is 10.0 Å². The van der Waals surface area contributed by atoms with E-state index in [0.717, 1.165) is 0 Å². The Labute approximate surface area is 113 Å². The van der Waals surface area contributed by atoms with Gasteiger partial charge >= 0.3 is 0 Å². The second-order valence-electron chi connectivity index (χ2n) is 4.43. The first-order valence-electron chi connectivity index (χ1n) is 5.43. The largest absolute Gasteiger partial charge is 0.323 e. The molecule has 0 aliphatic heterocycles. The molecule has 1 aromatic carbocycles. The molecule has 0 atom stereocenters. The molecule has 0 amide bonds. The lowest BCUT2D eigenvalue weighted by Gasteiger charge is -2.22. The first-order valence-corrected chi connectivity index (χ1v) is 8.13. The first-order chi connectivity index (χ1) is 8.32. The molecule has 0 spiro atoms. The lowest BCUT2D eigenvalue weighted by Crippen LogP contribution is -2.36. The third-order valence-corrected chi connectivity index (χ3v) is 5.28. The molecule has 1 aromatic rings. The Balaban J connectivity index is 2.94. The number of rotatable bonds is 6. The molecule has 0 heterocycles. The number of anilines is 1. The Hall–Kier alpha value is -0.760. The van der Waals surface area contributed by atoms with E-state index in [2.05, 4.69) is 10.1 Å². The molecule has 0 unspecified atom stereocenters. The van der Waals surface area contributed by atoms with E-state index in [0.29, 0.717) is 12.2 Å². The molecule has 0 saturated carbocycles. The Morgan fingerprint density at radius 2 is 1.94 bits per heavy atom. The Kier molecular flexibility index (Phi) is 5.03. The number of thioether (sulfide) groups is 1. The molecule has 102 valence electrons. The Morgan fingerprint density at radius 3 is 2.50 bits per heavy atom. The molecule has 0 saturated heterocycles. The second kappa shape index (κ2) is 5.92. The van der Waals surface area contributed by atoms with Gasteiger partial charge in [0.15, 0.2) is 0 Å². The summed E-state index contributed by atoms with van der Waals surface area (Å²) in [4.78, 5) is 0.157. The fraction of sp³-hybridized carbons (Fsp3) is 0.455. The van der Waals surface area contributed by atoms with Gasteiger partial charge in [-0.2, -0.15) is 11.8 Å². The number of hydrazine groups is 1. The van der Waals surface area contributed by atoms with E-state index in [1.165, 1.54) is 6.07 Å². The number of para-hydroxylation sites is 1. The van der Waals surface area contributed by atoms with E-state index in [-0.39, 0.29) is 9.64 Å². The monoisotopic (exact) mass is 289 g/mol. The normalized spacial score (nSPS) is 12.4. The molecule has 4 N–H and O–H groups in total. The quantitative estimate of drug-likeness (QED) is 0.544. The van der Waals surface area contributed by atoms with Gasteiger partial charge in [-0.15, -0.1) is 0 Å². The van der Waals surface area contributed by atoms with Crippen molar-refractivity contribution in [2.45, 2.75) is 23.5 Å². The summed E-state index contributed by atoms with van der Waals surface area (Å²) in [6.07, 6.45) is 1.95. The van der Waals surface area contributed by atoms with Crippen LogP contribution in [0.4, 0.5) is 5.69 Å². The van der Waals surface area contributed by atoms with Crippen LogP contribution < -0.4 is 16.0 Å². The van der Waals surface area contributed by atoms with Crippen molar-refractivity contribution in [2.24, 2.45) is 5.84 Å². The summed E-state index contributed by atoms with van der Waals surface area (Å²) < 4.78 is 26.8. The van der Waals surface area contributed by atoms with Crippen molar-refractivity contribution in [3.63, 3.8) is 0 Å². The van der Waals surface area contributed by atoms with E-state index < -0.39 is 10.0 Å². The minimum absolute atomic E-state index is 0.155. The molecule has 18 heavy (non-hydrogen) atoms. The van der Waals surface area contributed by atoms with Crippen molar-refractivity contribution < 1.29 is 8.42 Å². The van der Waals surface area contributed by atoms with Crippen molar-refractivity contribution in [2.75, 3.05) is 18.2 Å². The molecule has 1 rings (SSSR count). The van der Waals surface area contributed by atoms with Crippen LogP contribution in [0.15, 0.2) is 29.2 Å². The van der Waals surface area contributed by atoms with E-state index in [1.807, 2.05) is 20.1 Å². The summed E-state index contributed by atoms with van der Waals surface area (Å²) in [6, 6.07) is 6.52. The van der Waals surface area contributed by atoms with Gasteiger partial charge in [-0.1, -0.05) is 12.1 Å². The third kappa shape index (κ3) is 3.88. The van der Waals surface area contributed by atoms with Gasteiger partial charge in [-0.25, -0.2) is 13.1 Å². The highest BCUT2D eigenvalue weighted by Crippen LogP contribution is 2.23. The summed E-state index contributed by atoms with van der Waals surface area (Å²) >= 11 is 1.61. The van der Waals surface area contributed by atoms with Crippen LogP contribution >= 0.6 is 11.8 Å². The summed E-state index contributed by atoms with van der Waals surface area (Å²) in [5.41, 5.74) is 2.77. The summed E-state index contributed by atoms with van der Waals surface area (Å²) in [5.74, 6) is 5.31.